The van der Waals surface area contributed by atoms with Gasteiger partial charge in [-0.1, -0.05) is 6.07 Å². The van der Waals surface area contributed by atoms with E-state index in [9.17, 15) is 13.2 Å². The van der Waals surface area contributed by atoms with Gasteiger partial charge in [-0.25, -0.2) is 13.1 Å². The second kappa shape index (κ2) is 6.85. The monoisotopic (exact) mass is 467 g/mol. The minimum absolute atomic E-state index is 0.0345. The fraction of sp³-hybridized carbons (Fsp3) is 0.435. The van der Waals surface area contributed by atoms with Crippen LogP contribution in [0.3, 0.4) is 0 Å². The smallest absolute Gasteiger partial charge is 0.263 e. The van der Waals surface area contributed by atoms with Gasteiger partial charge in [-0.15, -0.1) is 0 Å². The first-order valence-corrected chi connectivity index (χ1v) is 12.6. The zero-order chi connectivity index (χ0) is 23.0. The third-order valence-corrected chi connectivity index (χ3v) is 8.65. The molecule has 0 bridgehead atoms. The lowest BCUT2D eigenvalue weighted by molar-refractivity contribution is -0.111. The first kappa shape index (κ1) is 20.8. The van der Waals surface area contributed by atoms with Crippen LogP contribution in [-0.4, -0.2) is 61.5 Å². The summed E-state index contributed by atoms with van der Waals surface area (Å²) in [6, 6.07) is 8.59. The molecule has 1 atom stereocenters. The Balaban J connectivity index is 1.48. The van der Waals surface area contributed by atoms with Gasteiger partial charge >= 0.3 is 0 Å². The number of ether oxygens (including phenoxy) is 1. The van der Waals surface area contributed by atoms with Gasteiger partial charge in [0, 0.05) is 23.5 Å². The van der Waals surface area contributed by atoms with E-state index >= 15 is 0 Å². The van der Waals surface area contributed by atoms with E-state index in [-0.39, 0.29) is 16.8 Å². The number of hydrogen-bond donors (Lipinski definition) is 1. The van der Waals surface area contributed by atoms with Gasteiger partial charge in [0.1, 0.15) is 5.54 Å². The molecule has 1 N–H and O–H groups in total. The minimum atomic E-state index is -3.75. The lowest BCUT2D eigenvalue weighted by Crippen LogP contribution is -2.67. The predicted molar refractivity (Wildman–Crippen MR) is 122 cm³/mol. The summed E-state index contributed by atoms with van der Waals surface area (Å²) in [5.74, 6) is 0.294. The molecule has 33 heavy (non-hydrogen) atoms. The molecular weight excluding hydrogens is 442 g/mol. The Morgan fingerprint density at radius 2 is 2.00 bits per heavy atom. The number of hydrogen-bond acceptors (Lipinski definition) is 7. The molecule has 3 aliphatic heterocycles. The highest BCUT2D eigenvalue weighted by atomic mass is 32.2. The van der Waals surface area contributed by atoms with Gasteiger partial charge in [-0.05, 0) is 51.0 Å². The van der Waals surface area contributed by atoms with Crippen molar-refractivity contribution in [2.45, 2.75) is 48.7 Å². The Kier molecular flexibility index (Phi) is 4.31. The number of fused-ring (bicyclic) bond motifs is 3. The minimum Gasteiger partial charge on any atom is -0.376 e. The maximum atomic E-state index is 14.0. The summed E-state index contributed by atoms with van der Waals surface area (Å²) in [4.78, 5) is 26.7. The van der Waals surface area contributed by atoms with Crippen molar-refractivity contribution < 1.29 is 17.9 Å². The number of nitrogens with one attached hydrogen (secondary N) is 1. The van der Waals surface area contributed by atoms with Crippen LogP contribution < -0.4 is 9.62 Å². The number of sulfonamides is 1. The van der Waals surface area contributed by atoms with Gasteiger partial charge in [0.2, 0.25) is 16.0 Å². The molecule has 4 aliphatic rings. The average Bonchev–Trinajstić information content (AvgIpc) is 3.35. The van der Waals surface area contributed by atoms with Crippen molar-refractivity contribution in [3.8, 4) is 0 Å². The zero-order valence-electron chi connectivity index (χ0n) is 18.5. The lowest BCUT2D eigenvalue weighted by Gasteiger charge is -2.52. The maximum Gasteiger partial charge on any atom is 0.263 e. The normalized spacial score (nSPS) is 24.6. The molecule has 1 aliphatic carbocycles. The SMILES string of the molecule is C[C@@H]1CN=C2N1c1ccc(S(=O)(=O)NC3(C)CC3)cc1C(=O)N2C1(c2cccnc2)COC1. The first-order valence-electron chi connectivity index (χ1n) is 11.1. The predicted octanol–water partition coefficient (Wildman–Crippen LogP) is 1.86. The highest BCUT2D eigenvalue weighted by Gasteiger charge is 2.55. The number of aromatic nitrogens is 1. The summed E-state index contributed by atoms with van der Waals surface area (Å²) in [5, 5.41) is 0. The molecule has 2 fully saturated rings. The Labute approximate surface area is 192 Å². The standard InChI is InChI=1S/C23H25N5O4S/c1-15-11-25-21-27(15)19-6-5-17(33(30,31)26-22(2)7-8-22)10-18(19)20(29)28(21)23(13-32-14-23)16-4-3-9-24-12-16/h3-6,9-10,12,15,26H,7-8,11,13-14H2,1-2H3/t15-/m1/s1. The number of benzene rings is 1. The number of aliphatic imine (C=N–C) groups is 1. The van der Waals surface area contributed by atoms with Crippen LogP contribution in [0, 0.1) is 0 Å². The highest BCUT2D eigenvalue weighted by molar-refractivity contribution is 7.89. The van der Waals surface area contributed by atoms with Crippen LogP contribution in [0.1, 0.15) is 42.6 Å². The van der Waals surface area contributed by atoms with E-state index in [0.29, 0.717) is 37.0 Å². The van der Waals surface area contributed by atoms with Crippen molar-refractivity contribution in [1.82, 2.24) is 14.6 Å². The number of anilines is 1. The zero-order valence-corrected chi connectivity index (χ0v) is 19.3. The summed E-state index contributed by atoms with van der Waals surface area (Å²) >= 11 is 0. The fourth-order valence-electron chi connectivity index (χ4n) is 4.78. The van der Waals surface area contributed by atoms with Gasteiger partial charge in [0.15, 0.2) is 0 Å². The number of rotatable bonds is 5. The van der Waals surface area contributed by atoms with E-state index in [4.69, 9.17) is 9.73 Å². The van der Waals surface area contributed by atoms with Crippen LogP contribution in [0.15, 0.2) is 52.6 Å². The second-order valence-corrected chi connectivity index (χ2v) is 11.3. The fourth-order valence-corrected chi connectivity index (χ4v) is 6.28. The number of guanidine groups is 1. The molecule has 1 aromatic carbocycles. The second-order valence-electron chi connectivity index (χ2n) is 9.61. The van der Waals surface area contributed by atoms with Gasteiger partial charge < -0.3 is 9.64 Å². The average molecular weight is 468 g/mol. The van der Waals surface area contributed by atoms with Crippen molar-refractivity contribution >= 4 is 27.6 Å². The molecule has 9 nitrogen and oxygen atoms in total. The summed E-state index contributed by atoms with van der Waals surface area (Å²) in [7, 11) is -3.75. The van der Waals surface area contributed by atoms with Gasteiger partial charge in [0.05, 0.1) is 41.9 Å². The number of carbonyl (C=O) groups excluding carboxylic acids is 1. The molecule has 10 heteroatoms. The summed E-state index contributed by atoms with van der Waals surface area (Å²) < 4.78 is 34.4. The highest BCUT2D eigenvalue weighted by Crippen LogP contribution is 2.44. The molecule has 1 aromatic heterocycles. The van der Waals surface area contributed by atoms with E-state index < -0.39 is 21.1 Å². The topological polar surface area (TPSA) is 104 Å². The molecule has 0 unspecified atom stereocenters. The molecular formula is C23H25N5O4S. The molecule has 172 valence electrons. The molecule has 0 spiro atoms. The molecule has 4 heterocycles. The van der Waals surface area contributed by atoms with Crippen LogP contribution in [0.2, 0.25) is 0 Å². The molecule has 6 rings (SSSR count). The largest absolute Gasteiger partial charge is 0.376 e. The first-order chi connectivity index (χ1) is 15.7. The molecule has 0 radical (unpaired) electrons. The lowest BCUT2D eigenvalue weighted by atomic mass is 9.85. The molecule has 1 saturated heterocycles. The van der Waals surface area contributed by atoms with Crippen LogP contribution in [0.5, 0.6) is 0 Å². The van der Waals surface area contributed by atoms with Crippen molar-refractivity contribution in [1.29, 1.82) is 0 Å². The van der Waals surface area contributed by atoms with Crippen LogP contribution in [-0.2, 0) is 20.3 Å². The number of amides is 1. The van der Waals surface area contributed by atoms with Crippen molar-refractivity contribution in [2.75, 3.05) is 24.7 Å². The Bertz CT molecular complexity index is 1290. The van der Waals surface area contributed by atoms with Gasteiger partial charge in [0.25, 0.3) is 5.91 Å². The van der Waals surface area contributed by atoms with Crippen molar-refractivity contribution in [2.24, 2.45) is 4.99 Å². The van der Waals surface area contributed by atoms with Crippen LogP contribution in [0.4, 0.5) is 5.69 Å². The Hall–Kier alpha value is -2.82. The number of carbonyl (C=O) groups is 1. The van der Waals surface area contributed by atoms with E-state index in [1.807, 2.05) is 30.9 Å². The number of nitrogens with zero attached hydrogens (tertiary/aromatic N) is 4. The molecule has 2 aromatic rings. The van der Waals surface area contributed by atoms with Crippen LogP contribution in [0.25, 0.3) is 0 Å². The maximum absolute atomic E-state index is 14.0. The van der Waals surface area contributed by atoms with E-state index in [1.165, 1.54) is 6.07 Å². The molecule has 1 saturated carbocycles. The Morgan fingerprint density at radius 3 is 2.64 bits per heavy atom. The van der Waals surface area contributed by atoms with Crippen LogP contribution >= 0.6 is 0 Å². The third kappa shape index (κ3) is 3.04. The summed E-state index contributed by atoms with van der Waals surface area (Å²) in [6.07, 6.45) is 5.05. The van der Waals surface area contributed by atoms with Gasteiger partial charge in [-0.3, -0.25) is 19.7 Å². The Morgan fingerprint density at radius 1 is 1.21 bits per heavy atom. The summed E-state index contributed by atoms with van der Waals surface area (Å²) in [5.41, 5.74) is 0.753. The van der Waals surface area contributed by atoms with E-state index in [2.05, 4.69) is 9.71 Å². The van der Waals surface area contributed by atoms with Crippen molar-refractivity contribution in [3.63, 3.8) is 0 Å². The molecule has 1 amide bonds. The quantitative estimate of drug-likeness (QED) is 0.720. The summed E-state index contributed by atoms with van der Waals surface area (Å²) in [6.45, 7) is 5.11. The van der Waals surface area contributed by atoms with Crippen molar-refractivity contribution in [3.05, 3.63) is 53.9 Å². The van der Waals surface area contributed by atoms with E-state index in [0.717, 1.165) is 18.4 Å². The van der Waals surface area contributed by atoms with E-state index in [1.54, 1.807) is 29.4 Å². The van der Waals surface area contributed by atoms with Gasteiger partial charge in [-0.2, -0.15) is 0 Å². The third-order valence-electron chi connectivity index (χ3n) is 7.01. The number of pyridine rings is 1.